The van der Waals surface area contributed by atoms with Crippen molar-refractivity contribution < 1.29 is 18.6 Å². The molecule has 1 aromatic heterocycles. The zero-order valence-electron chi connectivity index (χ0n) is 17.7. The van der Waals surface area contributed by atoms with Gasteiger partial charge in [0.15, 0.2) is 17.3 Å². The molecule has 1 aliphatic rings. The summed E-state index contributed by atoms with van der Waals surface area (Å²) in [5.74, 6) is 2.92. The zero-order valence-corrected chi connectivity index (χ0v) is 17.7. The minimum Gasteiger partial charge on any atom is -0.490 e. The number of nitrogens with zero attached hydrogens (tertiary/aromatic N) is 1. The lowest BCUT2D eigenvalue weighted by molar-refractivity contribution is 0.0888. The SMILES string of the molecule is CCOc1cccc2cc(C(C)NC(=NC)NCCCOCC3CCOC3)oc12. The summed E-state index contributed by atoms with van der Waals surface area (Å²) in [7, 11) is 1.77. The topological polar surface area (TPSA) is 77.2 Å². The highest BCUT2D eigenvalue weighted by molar-refractivity contribution is 5.84. The molecule has 160 valence electrons. The number of furan rings is 1. The summed E-state index contributed by atoms with van der Waals surface area (Å²) in [4.78, 5) is 4.31. The molecular formula is C22H33N3O4. The second-order valence-electron chi connectivity index (χ2n) is 7.28. The van der Waals surface area contributed by atoms with Gasteiger partial charge in [-0.05, 0) is 38.8 Å². The van der Waals surface area contributed by atoms with Crippen LogP contribution in [0.4, 0.5) is 0 Å². The van der Waals surface area contributed by atoms with Crippen LogP contribution in [-0.2, 0) is 9.47 Å². The van der Waals surface area contributed by atoms with E-state index in [9.17, 15) is 0 Å². The van der Waals surface area contributed by atoms with Gasteiger partial charge in [-0.15, -0.1) is 0 Å². The van der Waals surface area contributed by atoms with Crippen LogP contribution in [0.1, 0.15) is 38.5 Å². The van der Waals surface area contributed by atoms with E-state index in [1.54, 1.807) is 7.05 Å². The van der Waals surface area contributed by atoms with Gasteiger partial charge < -0.3 is 29.3 Å². The van der Waals surface area contributed by atoms with Crippen molar-refractivity contribution in [3.8, 4) is 5.75 Å². The van der Waals surface area contributed by atoms with E-state index >= 15 is 0 Å². The summed E-state index contributed by atoms with van der Waals surface area (Å²) in [6.07, 6.45) is 2.03. The number of rotatable bonds is 10. The van der Waals surface area contributed by atoms with Crippen LogP contribution in [0.25, 0.3) is 11.0 Å². The molecule has 0 radical (unpaired) electrons. The van der Waals surface area contributed by atoms with Crippen molar-refractivity contribution >= 4 is 16.9 Å². The first-order valence-corrected chi connectivity index (χ1v) is 10.5. The molecule has 0 bridgehead atoms. The van der Waals surface area contributed by atoms with Crippen molar-refractivity contribution in [1.29, 1.82) is 0 Å². The highest BCUT2D eigenvalue weighted by Crippen LogP contribution is 2.31. The standard InChI is InChI=1S/C22H33N3O4/c1-4-28-19-8-5-7-18-13-20(29-21(18)19)16(2)25-22(23-3)24-10-6-11-26-14-17-9-12-27-15-17/h5,7-8,13,16-17H,4,6,9-12,14-15H2,1-3H3,(H2,23,24,25). The molecule has 0 spiro atoms. The number of nitrogens with one attached hydrogen (secondary N) is 2. The molecule has 2 aromatic rings. The van der Waals surface area contributed by atoms with Gasteiger partial charge in [0.25, 0.3) is 0 Å². The second kappa shape index (κ2) is 11.1. The van der Waals surface area contributed by atoms with Gasteiger partial charge in [-0.3, -0.25) is 4.99 Å². The van der Waals surface area contributed by atoms with E-state index in [1.807, 2.05) is 31.2 Å². The van der Waals surface area contributed by atoms with Crippen LogP contribution in [0.3, 0.4) is 0 Å². The third-order valence-corrected chi connectivity index (χ3v) is 4.97. The molecule has 2 atom stereocenters. The number of aliphatic imine (C=N–C) groups is 1. The normalized spacial score (nSPS) is 18.2. The lowest BCUT2D eigenvalue weighted by Gasteiger charge is -2.16. The average Bonchev–Trinajstić information content (AvgIpc) is 3.40. The molecule has 1 fully saturated rings. The van der Waals surface area contributed by atoms with E-state index in [0.717, 1.165) is 74.3 Å². The minimum absolute atomic E-state index is 0.0262. The monoisotopic (exact) mass is 403 g/mol. The van der Waals surface area contributed by atoms with Crippen LogP contribution in [-0.4, -0.2) is 52.6 Å². The molecule has 2 heterocycles. The predicted molar refractivity (Wildman–Crippen MR) is 115 cm³/mol. The Kier molecular flexibility index (Phi) is 8.19. The highest BCUT2D eigenvalue weighted by atomic mass is 16.5. The Morgan fingerprint density at radius 3 is 3.03 bits per heavy atom. The van der Waals surface area contributed by atoms with Gasteiger partial charge in [-0.25, -0.2) is 0 Å². The number of para-hydroxylation sites is 1. The van der Waals surface area contributed by atoms with Gasteiger partial charge in [0.1, 0.15) is 5.76 Å². The van der Waals surface area contributed by atoms with Crippen molar-refractivity contribution in [2.24, 2.45) is 10.9 Å². The van der Waals surface area contributed by atoms with Crippen LogP contribution in [0.15, 0.2) is 33.7 Å². The smallest absolute Gasteiger partial charge is 0.191 e. The molecule has 0 amide bonds. The van der Waals surface area contributed by atoms with E-state index in [1.165, 1.54) is 0 Å². The van der Waals surface area contributed by atoms with Crippen molar-refractivity contribution in [3.63, 3.8) is 0 Å². The summed E-state index contributed by atoms with van der Waals surface area (Å²) >= 11 is 0. The second-order valence-corrected chi connectivity index (χ2v) is 7.28. The van der Waals surface area contributed by atoms with Crippen molar-refractivity contribution in [2.45, 2.75) is 32.7 Å². The summed E-state index contributed by atoms with van der Waals surface area (Å²) in [5, 5.41) is 7.74. The summed E-state index contributed by atoms with van der Waals surface area (Å²) in [6, 6.07) is 7.96. The average molecular weight is 404 g/mol. The van der Waals surface area contributed by atoms with Gasteiger partial charge in [-0.1, -0.05) is 12.1 Å². The van der Waals surface area contributed by atoms with Crippen molar-refractivity contribution in [3.05, 3.63) is 30.0 Å². The lowest BCUT2D eigenvalue weighted by atomic mass is 10.1. The maximum Gasteiger partial charge on any atom is 0.191 e. The lowest BCUT2D eigenvalue weighted by Crippen LogP contribution is -2.39. The predicted octanol–water partition coefficient (Wildman–Crippen LogP) is 3.50. The molecular weight excluding hydrogens is 370 g/mol. The Morgan fingerprint density at radius 1 is 1.38 bits per heavy atom. The van der Waals surface area contributed by atoms with E-state index in [0.29, 0.717) is 12.5 Å². The number of fused-ring (bicyclic) bond motifs is 1. The highest BCUT2D eigenvalue weighted by Gasteiger charge is 2.16. The molecule has 1 saturated heterocycles. The molecule has 0 aliphatic carbocycles. The third-order valence-electron chi connectivity index (χ3n) is 4.97. The fraction of sp³-hybridized carbons (Fsp3) is 0.591. The van der Waals surface area contributed by atoms with E-state index in [2.05, 4.69) is 22.5 Å². The third kappa shape index (κ3) is 6.11. The van der Waals surface area contributed by atoms with E-state index < -0.39 is 0 Å². The summed E-state index contributed by atoms with van der Waals surface area (Å²) < 4.78 is 22.8. The zero-order chi connectivity index (χ0) is 20.5. The number of ether oxygens (including phenoxy) is 3. The first-order chi connectivity index (χ1) is 14.2. The quantitative estimate of drug-likeness (QED) is 0.359. The summed E-state index contributed by atoms with van der Waals surface area (Å²) in [6.45, 7) is 8.66. The number of guanidine groups is 1. The van der Waals surface area contributed by atoms with Crippen LogP contribution in [0.5, 0.6) is 5.75 Å². The van der Waals surface area contributed by atoms with Crippen LogP contribution in [0, 0.1) is 5.92 Å². The van der Waals surface area contributed by atoms with Gasteiger partial charge >= 0.3 is 0 Å². The van der Waals surface area contributed by atoms with E-state index in [-0.39, 0.29) is 6.04 Å². The fourth-order valence-corrected chi connectivity index (χ4v) is 3.36. The Bertz CT molecular complexity index is 783. The first kappa shape index (κ1) is 21.5. The Morgan fingerprint density at radius 2 is 2.28 bits per heavy atom. The Hall–Kier alpha value is -2.25. The Labute approximate surface area is 172 Å². The molecule has 1 aromatic carbocycles. The van der Waals surface area contributed by atoms with Gasteiger partial charge in [0.05, 0.1) is 25.9 Å². The van der Waals surface area contributed by atoms with E-state index in [4.69, 9.17) is 18.6 Å². The molecule has 2 N–H and O–H groups in total. The number of hydrogen-bond donors (Lipinski definition) is 2. The molecule has 7 heteroatoms. The number of benzene rings is 1. The van der Waals surface area contributed by atoms with Crippen molar-refractivity contribution in [1.82, 2.24) is 10.6 Å². The maximum atomic E-state index is 6.06. The van der Waals surface area contributed by atoms with Crippen LogP contribution < -0.4 is 15.4 Å². The molecule has 29 heavy (non-hydrogen) atoms. The minimum atomic E-state index is -0.0262. The maximum absolute atomic E-state index is 6.06. The van der Waals surface area contributed by atoms with Crippen LogP contribution >= 0.6 is 0 Å². The van der Waals surface area contributed by atoms with Gasteiger partial charge in [0.2, 0.25) is 0 Å². The summed E-state index contributed by atoms with van der Waals surface area (Å²) in [5.41, 5.74) is 0.783. The Balaban J connectivity index is 1.44. The van der Waals surface area contributed by atoms with Gasteiger partial charge in [0, 0.05) is 38.1 Å². The molecule has 3 rings (SSSR count). The molecule has 1 aliphatic heterocycles. The fourth-order valence-electron chi connectivity index (χ4n) is 3.36. The molecule has 0 saturated carbocycles. The number of hydrogen-bond acceptors (Lipinski definition) is 5. The largest absolute Gasteiger partial charge is 0.490 e. The van der Waals surface area contributed by atoms with Gasteiger partial charge in [-0.2, -0.15) is 0 Å². The molecule has 7 nitrogen and oxygen atoms in total. The molecule has 2 unspecified atom stereocenters. The van der Waals surface area contributed by atoms with Crippen molar-refractivity contribution in [2.75, 3.05) is 46.6 Å². The van der Waals surface area contributed by atoms with Crippen LogP contribution in [0.2, 0.25) is 0 Å². The first-order valence-electron chi connectivity index (χ1n) is 10.5.